The van der Waals surface area contributed by atoms with E-state index in [0.29, 0.717) is 49.0 Å². The van der Waals surface area contributed by atoms with Gasteiger partial charge >= 0.3 is 5.97 Å². The number of anilines is 1. The number of methoxy groups -OCH3 is 1. The molecule has 1 N–H and O–H groups in total. The van der Waals surface area contributed by atoms with Crippen LogP contribution < -0.4 is 14.8 Å². The predicted octanol–water partition coefficient (Wildman–Crippen LogP) is 5.94. The minimum atomic E-state index is -0.453. The van der Waals surface area contributed by atoms with Gasteiger partial charge in [0.15, 0.2) is 11.5 Å². The van der Waals surface area contributed by atoms with E-state index in [1.165, 1.54) is 12.4 Å². The summed E-state index contributed by atoms with van der Waals surface area (Å²) in [5, 5.41) is 4.11. The molecule has 0 unspecified atom stereocenters. The van der Waals surface area contributed by atoms with Crippen LogP contribution in [0.3, 0.4) is 0 Å². The van der Waals surface area contributed by atoms with Gasteiger partial charge in [0, 0.05) is 24.4 Å². The molecule has 0 aliphatic heterocycles. The summed E-state index contributed by atoms with van der Waals surface area (Å²) in [5.41, 5.74) is 1.53. The monoisotopic (exact) mass is 489 g/mol. The quantitative estimate of drug-likeness (QED) is 0.235. The number of rotatable bonds is 13. The Morgan fingerprint density at radius 2 is 1.91 bits per heavy atom. The molecule has 0 saturated heterocycles. The molecule has 1 aromatic heterocycles. The highest BCUT2D eigenvalue weighted by atomic mass is 35.5. The van der Waals surface area contributed by atoms with Crippen LogP contribution in [0, 0.1) is 5.82 Å². The molecule has 9 heteroatoms. The Labute approximate surface area is 203 Å². The lowest BCUT2D eigenvalue weighted by atomic mass is 10.1. The lowest BCUT2D eigenvalue weighted by molar-refractivity contribution is -0.143. The maximum atomic E-state index is 13.4. The second kappa shape index (κ2) is 12.9. The van der Waals surface area contributed by atoms with Gasteiger partial charge in [0.25, 0.3) is 0 Å². The fraction of sp³-hybridized carbons (Fsp3) is 0.400. The third kappa shape index (κ3) is 7.18. The van der Waals surface area contributed by atoms with Crippen LogP contribution in [0.4, 0.5) is 10.2 Å². The molecule has 0 atom stereocenters. The highest BCUT2D eigenvalue weighted by molar-refractivity contribution is 6.30. The largest absolute Gasteiger partial charge is 0.493 e. The number of carbonyl (C=O) groups excluding carboxylic acids is 1. The van der Waals surface area contributed by atoms with Crippen molar-refractivity contribution in [1.29, 1.82) is 0 Å². The minimum absolute atomic E-state index is 0.0770. The Balaban J connectivity index is 1.60. The molecule has 0 bridgehead atoms. The Kier molecular flexibility index (Phi) is 9.70. The van der Waals surface area contributed by atoms with Crippen molar-refractivity contribution < 1.29 is 23.4 Å². The predicted molar refractivity (Wildman–Crippen MR) is 130 cm³/mol. The standard InChI is InChI=1S/C25H29ClFN3O4/c1-3-33-24(31)8-6-4-5-7-11-34-23-13-18-21(14-22(23)32-2)29-16-30-25(18)28-15-17-9-10-20(27)19(26)12-17/h9-10,12-14,16H,3-8,11,15H2,1-2H3,(H,28,29,30). The summed E-state index contributed by atoms with van der Waals surface area (Å²) in [6, 6.07) is 8.26. The zero-order valence-corrected chi connectivity index (χ0v) is 20.2. The number of nitrogens with one attached hydrogen (secondary N) is 1. The second-order valence-corrected chi connectivity index (χ2v) is 8.07. The molecule has 0 spiro atoms. The molecule has 0 aliphatic carbocycles. The Hall–Kier alpha value is -3.13. The van der Waals surface area contributed by atoms with Gasteiger partial charge in [-0.2, -0.15) is 0 Å². The molecule has 0 radical (unpaired) electrons. The second-order valence-electron chi connectivity index (χ2n) is 7.66. The summed E-state index contributed by atoms with van der Waals surface area (Å²) in [6.45, 7) is 3.16. The summed E-state index contributed by atoms with van der Waals surface area (Å²) in [4.78, 5) is 20.1. The first-order valence-corrected chi connectivity index (χ1v) is 11.7. The lowest BCUT2D eigenvalue weighted by Crippen LogP contribution is -2.04. The van der Waals surface area contributed by atoms with Crippen LogP contribution in [0.2, 0.25) is 5.02 Å². The number of hydrogen-bond acceptors (Lipinski definition) is 7. The number of aromatic nitrogens is 2. The molecule has 0 amide bonds. The van der Waals surface area contributed by atoms with E-state index in [1.54, 1.807) is 19.2 Å². The topological polar surface area (TPSA) is 82.6 Å². The zero-order valence-electron chi connectivity index (χ0n) is 19.4. The molecule has 3 rings (SSSR count). The van der Waals surface area contributed by atoms with Crippen LogP contribution in [0.1, 0.15) is 44.6 Å². The number of fused-ring (bicyclic) bond motifs is 1. The van der Waals surface area contributed by atoms with Crippen molar-refractivity contribution >= 4 is 34.3 Å². The number of halogens is 2. The smallest absolute Gasteiger partial charge is 0.305 e. The molecule has 0 saturated carbocycles. The van der Waals surface area contributed by atoms with Crippen LogP contribution in [0.5, 0.6) is 11.5 Å². The molecule has 1 heterocycles. The number of hydrogen-bond donors (Lipinski definition) is 1. The van der Waals surface area contributed by atoms with Crippen LogP contribution in [0.15, 0.2) is 36.7 Å². The van der Waals surface area contributed by atoms with Gasteiger partial charge in [0.2, 0.25) is 0 Å². The summed E-state index contributed by atoms with van der Waals surface area (Å²) in [5.74, 6) is 1.21. The highest BCUT2D eigenvalue weighted by Gasteiger charge is 2.12. The van der Waals surface area contributed by atoms with Crippen molar-refractivity contribution in [3.63, 3.8) is 0 Å². The van der Waals surface area contributed by atoms with Crippen LogP contribution in [-0.2, 0) is 16.1 Å². The highest BCUT2D eigenvalue weighted by Crippen LogP contribution is 2.34. The maximum Gasteiger partial charge on any atom is 0.305 e. The minimum Gasteiger partial charge on any atom is -0.493 e. The van der Waals surface area contributed by atoms with Crippen molar-refractivity contribution in [2.75, 3.05) is 25.6 Å². The van der Waals surface area contributed by atoms with Gasteiger partial charge in [-0.3, -0.25) is 4.79 Å². The first-order valence-electron chi connectivity index (χ1n) is 11.3. The van der Waals surface area contributed by atoms with Crippen LogP contribution >= 0.6 is 11.6 Å². The molecular formula is C25H29ClFN3O4. The van der Waals surface area contributed by atoms with E-state index >= 15 is 0 Å². The first kappa shape index (κ1) is 25.5. The summed E-state index contributed by atoms with van der Waals surface area (Å²) < 4.78 is 29.8. The van der Waals surface area contributed by atoms with Gasteiger partial charge in [-0.05, 0) is 43.5 Å². The summed E-state index contributed by atoms with van der Waals surface area (Å²) in [7, 11) is 1.59. The molecule has 0 fully saturated rings. The van der Waals surface area contributed by atoms with Crippen molar-refractivity contribution in [1.82, 2.24) is 9.97 Å². The van der Waals surface area contributed by atoms with Gasteiger partial charge in [-0.15, -0.1) is 0 Å². The van der Waals surface area contributed by atoms with Gasteiger partial charge in [-0.1, -0.05) is 30.5 Å². The lowest BCUT2D eigenvalue weighted by Gasteiger charge is -2.14. The van der Waals surface area contributed by atoms with Gasteiger partial charge in [0.05, 0.1) is 30.9 Å². The number of esters is 1. The Morgan fingerprint density at radius 1 is 1.09 bits per heavy atom. The fourth-order valence-corrected chi connectivity index (χ4v) is 3.66. The summed E-state index contributed by atoms with van der Waals surface area (Å²) in [6.07, 6.45) is 5.47. The number of ether oxygens (including phenoxy) is 3. The van der Waals surface area contributed by atoms with E-state index in [4.69, 9.17) is 25.8 Å². The number of carbonyl (C=O) groups is 1. The molecule has 3 aromatic rings. The maximum absolute atomic E-state index is 13.4. The van der Waals surface area contributed by atoms with E-state index in [0.717, 1.165) is 36.6 Å². The van der Waals surface area contributed by atoms with Crippen molar-refractivity contribution in [3.05, 3.63) is 53.1 Å². The fourth-order valence-electron chi connectivity index (χ4n) is 3.45. The molecule has 0 aliphatic rings. The molecule has 34 heavy (non-hydrogen) atoms. The number of benzene rings is 2. The molecule has 2 aromatic carbocycles. The van der Waals surface area contributed by atoms with Gasteiger partial charge in [-0.25, -0.2) is 14.4 Å². The third-order valence-electron chi connectivity index (χ3n) is 5.20. The van der Waals surface area contributed by atoms with E-state index in [2.05, 4.69) is 15.3 Å². The average Bonchev–Trinajstić information content (AvgIpc) is 2.83. The third-order valence-corrected chi connectivity index (χ3v) is 5.49. The number of nitrogens with zero attached hydrogens (tertiary/aromatic N) is 2. The van der Waals surface area contributed by atoms with E-state index in [1.807, 2.05) is 19.1 Å². The molecular weight excluding hydrogens is 461 g/mol. The van der Waals surface area contributed by atoms with E-state index in [9.17, 15) is 9.18 Å². The van der Waals surface area contributed by atoms with E-state index < -0.39 is 5.82 Å². The Morgan fingerprint density at radius 3 is 2.68 bits per heavy atom. The van der Waals surface area contributed by atoms with Crippen molar-refractivity contribution in [2.24, 2.45) is 0 Å². The first-order chi connectivity index (χ1) is 16.5. The van der Waals surface area contributed by atoms with E-state index in [-0.39, 0.29) is 11.0 Å². The van der Waals surface area contributed by atoms with Gasteiger partial charge < -0.3 is 19.5 Å². The van der Waals surface area contributed by atoms with Gasteiger partial charge in [0.1, 0.15) is 18.0 Å². The van der Waals surface area contributed by atoms with Crippen molar-refractivity contribution in [3.8, 4) is 11.5 Å². The molecule has 7 nitrogen and oxygen atoms in total. The Bertz CT molecular complexity index is 1110. The SMILES string of the molecule is CCOC(=O)CCCCCCOc1cc2c(NCc3ccc(F)c(Cl)c3)ncnc2cc1OC. The normalized spacial score (nSPS) is 10.8. The van der Waals surface area contributed by atoms with Crippen LogP contribution in [-0.4, -0.2) is 36.3 Å². The summed E-state index contributed by atoms with van der Waals surface area (Å²) >= 11 is 5.88. The van der Waals surface area contributed by atoms with Crippen molar-refractivity contribution in [2.45, 2.75) is 45.6 Å². The van der Waals surface area contributed by atoms with Crippen LogP contribution in [0.25, 0.3) is 10.9 Å². The zero-order chi connectivity index (χ0) is 24.3. The average molecular weight is 490 g/mol. The molecule has 182 valence electrons. The number of unbranched alkanes of at least 4 members (excludes halogenated alkanes) is 3.